The van der Waals surface area contributed by atoms with Gasteiger partial charge in [0.15, 0.2) is 16.6 Å². The summed E-state index contributed by atoms with van der Waals surface area (Å²) in [7, 11) is 5.49. The number of hydrogen-bond donors (Lipinski definition) is 1. The molecule has 0 aliphatic rings. The van der Waals surface area contributed by atoms with Gasteiger partial charge >= 0.3 is 0 Å². The predicted octanol–water partition coefficient (Wildman–Crippen LogP) is 3.73. The summed E-state index contributed by atoms with van der Waals surface area (Å²) < 4.78 is 11.2. The fraction of sp³-hybridized carbons (Fsp3) is 0.238. The molecule has 0 aliphatic heterocycles. The standard InChI is InChI=1S/C21H23N3O3S/c1-24(2)21-23-16(14-28-21)12-22-20(25)17-9-5-4-8-15(17)13-27-19-11-7-6-10-18(19)26-3/h4-11,14H,12-13H2,1-3H3,(H,22,25). The number of ether oxygens (including phenoxy) is 2. The van der Waals surface area contributed by atoms with Crippen LogP contribution in [-0.2, 0) is 13.2 Å². The zero-order chi connectivity index (χ0) is 19.9. The average Bonchev–Trinajstić information content (AvgIpc) is 3.20. The number of thiazole rings is 1. The lowest BCUT2D eigenvalue weighted by molar-refractivity contribution is 0.0948. The zero-order valence-corrected chi connectivity index (χ0v) is 17.0. The number of carbonyl (C=O) groups excluding carboxylic acids is 1. The van der Waals surface area contributed by atoms with Crippen LogP contribution < -0.4 is 19.7 Å². The third-order valence-corrected chi connectivity index (χ3v) is 5.12. The number of amides is 1. The van der Waals surface area contributed by atoms with E-state index in [1.54, 1.807) is 24.5 Å². The first-order valence-electron chi connectivity index (χ1n) is 8.82. The summed E-state index contributed by atoms with van der Waals surface area (Å²) in [6.07, 6.45) is 0. The third kappa shape index (κ3) is 4.80. The van der Waals surface area contributed by atoms with Crippen LogP contribution in [0.25, 0.3) is 0 Å². The molecule has 0 fully saturated rings. The van der Waals surface area contributed by atoms with Crippen molar-refractivity contribution < 1.29 is 14.3 Å². The molecular weight excluding hydrogens is 374 g/mol. The van der Waals surface area contributed by atoms with Gasteiger partial charge in [0, 0.05) is 30.6 Å². The highest BCUT2D eigenvalue weighted by molar-refractivity contribution is 7.13. The van der Waals surface area contributed by atoms with Crippen molar-refractivity contribution in [3.05, 3.63) is 70.7 Å². The Kier molecular flexibility index (Phi) is 6.49. The van der Waals surface area contributed by atoms with Crippen LogP contribution in [-0.4, -0.2) is 32.1 Å². The van der Waals surface area contributed by atoms with Gasteiger partial charge in [0.25, 0.3) is 5.91 Å². The topological polar surface area (TPSA) is 63.7 Å². The average molecular weight is 398 g/mol. The number of carbonyl (C=O) groups is 1. The minimum atomic E-state index is -0.154. The predicted molar refractivity (Wildman–Crippen MR) is 111 cm³/mol. The molecule has 1 aromatic heterocycles. The van der Waals surface area contributed by atoms with E-state index in [1.807, 2.05) is 66.8 Å². The molecule has 0 atom stereocenters. The maximum Gasteiger partial charge on any atom is 0.252 e. The monoisotopic (exact) mass is 397 g/mol. The molecule has 28 heavy (non-hydrogen) atoms. The molecule has 0 aliphatic carbocycles. The van der Waals surface area contributed by atoms with Crippen LogP contribution in [0.2, 0.25) is 0 Å². The second kappa shape index (κ2) is 9.23. The Morgan fingerprint density at radius 2 is 1.82 bits per heavy atom. The largest absolute Gasteiger partial charge is 0.493 e. The van der Waals surface area contributed by atoms with Gasteiger partial charge in [-0.25, -0.2) is 4.98 Å². The first kappa shape index (κ1) is 19.7. The van der Waals surface area contributed by atoms with E-state index in [1.165, 1.54) is 0 Å². The Bertz CT molecular complexity index is 940. The van der Waals surface area contributed by atoms with Crippen molar-refractivity contribution in [2.75, 3.05) is 26.1 Å². The van der Waals surface area contributed by atoms with Gasteiger partial charge in [0.1, 0.15) is 6.61 Å². The van der Waals surface area contributed by atoms with Gasteiger partial charge in [-0.2, -0.15) is 0 Å². The molecule has 0 spiro atoms. The molecule has 0 radical (unpaired) electrons. The first-order valence-corrected chi connectivity index (χ1v) is 9.70. The molecule has 0 saturated heterocycles. The molecule has 1 heterocycles. The van der Waals surface area contributed by atoms with E-state index in [9.17, 15) is 4.79 Å². The van der Waals surface area contributed by atoms with Gasteiger partial charge in [-0.3, -0.25) is 4.79 Å². The molecule has 146 valence electrons. The van der Waals surface area contributed by atoms with Crippen LogP contribution in [0.5, 0.6) is 11.5 Å². The number of benzene rings is 2. The molecule has 7 heteroatoms. The molecule has 1 amide bonds. The summed E-state index contributed by atoms with van der Waals surface area (Å²) in [5, 5.41) is 5.80. The number of para-hydroxylation sites is 2. The number of methoxy groups -OCH3 is 1. The summed E-state index contributed by atoms with van der Waals surface area (Å²) >= 11 is 1.55. The molecule has 3 rings (SSSR count). The quantitative estimate of drug-likeness (QED) is 0.628. The molecule has 0 unspecified atom stereocenters. The van der Waals surface area contributed by atoms with E-state index in [0.717, 1.165) is 16.4 Å². The number of nitrogens with one attached hydrogen (secondary N) is 1. The molecule has 1 N–H and O–H groups in total. The van der Waals surface area contributed by atoms with E-state index in [2.05, 4.69) is 10.3 Å². The Balaban J connectivity index is 1.66. The van der Waals surface area contributed by atoms with Crippen LogP contribution in [0, 0.1) is 0 Å². The van der Waals surface area contributed by atoms with Crippen LogP contribution in [0.3, 0.4) is 0 Å². The number of nitrogens with zero attached hydrogens (tertiary/aromatic N) is 2. The number of anilines is 1. The summed E-state index contributed by atoms with van der Waals surface area (Å²) in [4.78, 5) is 19.1. The van der Waals surface area contributed by atoms with Crippen LogP contribution in [0.1, 0.15) is 21.6 Å². The molecular formula is C21H23N3O3S. The molecule has 6 nitrogen and oxygen atoms in total. The van der Waals surface area contributed by atoms with Crippen LogP contribution >= 0.6 is 11.3 Å². The summed E-state index contributed by atoms with van der Waals surface area (Å²) in [5.74, 6) is 1.14. The lowest BCUT2D eigenvalue weighted by Crippen LogP contribution is -2.24. The van der Waals surface area contributed by atoms with Crippen molar-refractivity contribution in [2.45, 2.75) is 13.2 Å². The molecule has 0 bridgehead atoms. The highest BCUT2D eigenvalue weighted by Crippen LogP contribution is 2.27. The summed E-state index contributed by atoms with van der Waals surface area (Å²) in [6.45, 7) is 0.649. The van der Waals surface area contributed by atoms with Crippen molar-refractivity contribution in [1.82, 2.24) is 10.3 Å². The fourth-order valence-corrected chi connectivity index (χ4v) is 3.37. The number of aromatic nitrogens is 1. The third-order valence-electron chi connectivity index (χ3n) is 4.07. The van der Waals surface area contributed by atoms with Crippen molar-refractivity contribution in [1.29, 1.82) is 0 Å². The van der Waals surface area contributed by atoms with Crippen LogP contribution in [0.4, 0.5) is 5.13 Å². The van der Waals surface area contributed by atoms with Gasteiger partial charge in [-0.1, -0.05) is 30.3 Å². The van der Waals surface area contributed by atoms with Gasteiger partial charge in [-0.05, 0) is 18.2 Å². The second-order valence-corrected chi connectivity index (χ2v) is 7.13. The highest BCUT2D eigenvalue weighted by Gasteiger charge is 2.13. The minimum Gasteiger partial charge on any atom is -0.493 e. The summed E-state index contributed by atoms with van der Waals surface area (Å²) in [5.41, 5.74) is 2.23. The first-order chi connectivity index (χ1) is 13.6. The Labute approximate surface area is 168 Å². The van der Waals surface area contributed by atoms with E-state index >= 15 is 0 Å². The van der Waals surface area contributed by atoms with Gasteiger partial charge in [0.05, 0.1) is 19.3 Å². The maximum absolute atomic E-state index is 12.7. The van der Waals surface area contributed by atoms with Crippen molar-refractivity contribution >= 4 is 22.4 Å². The zero-order valence-electron chi connectivity index (χ0n) is 16.1. The van der Waals surface area contributed by atoms with Crippen LogP contribution in [0.15, 0.2) is 53.9 Å². The normalized spacial score (nSPS) is 10.4. The highest BCUT2D eigenvalue weighted by atomic mass is 32.1. The van der Waals surface area contributed by atoms with Crippen molar-refractivity contribution in [3.8, 4) is 11.5 Å². The fourth-order valence-electron chi connectivity index (χ4n) is 2.61. The minimum absolute atomic E-state index is 0.154. The summed E-state index contributed by atoms with van der Waals surface area (Å²) in [6, 6.07) is 14.9. The second-order valence-electron chi connectivity index (χ2n) is 6.30. The van der Waals surface area contributed by atoms with Gasteiger partial charge in [0.2, 0.25) is 0 Å². The Hall–Kier alpha value is -3.06. The SMILES string of the molecule is COc1ccccc1OCc1ccccc1C(=O)NCc1csc(N(C)C)n1. The van der Waals surface area contributed by atoms with E-state index in [4.69, 9.17) is 9.47 Å². The van der Waals surface area contributed by atoms with Crippen molar-refractivity contribution in [3.63, 3.8) is 0 Å². The van der Waals surface area contributed by atoms with E-state index in [0.29, 0.717) is 23.6 Å². The Morgan fingerprint density at radius 3 is 2.54 bits per heavy atom. The smallest absolute Gasteiger partial charge is 0.252 e. The lowest BCUT2D eigenvalue weighted by Gasteiger charge is -2.13. The van der Waals surface area contributed by atoms with E-state index < -0.39 is 0 Å². The molecule has 3 aromatic rings. The van der Waals surface area contributed by atoms with Gasteiger partial charge < -0.3 is 19.7 Å². The molecule has 2 aromatic carbocycles. The lowest BCUT2D eigenvalue weighted by atomic mass is 10.1. The number of hydrogen-bond acceptors (Lipinski definition) is 6. The molecule has 0 saturated carbocycles. The maximum atomic E-state index is 12.7. The van der Waals surface area contributed by atoms with E-state index in [-0.39, 0.29) is 12.5 Å². The van der Waals surface area contributed by atoms with Gasteiger partial charge in [-0.15, -0.1) is 11.3 Å². The van der Waals surface area contributed by atoms with Crippen molar-refractivity contribution in [2.24, 2.45) is 0 Å². The number of rotatable bonds is 8. The Morgan fingerprint density at radius 1 is 1.11 bits per heavy atom.